The average molecular weight is 305 g/mol. The zero-order valence-electron chi connectivity index (χ0n) is 11.2. The number of nitrogens with one attached hydrogen (secondary N) is 2. The van der Waals surface area contributed by atoms with E-state index in [2.05, 4.69) is 10.6 Å². The lowest BCUT2D eigenvalue weighted by atomic mass is 10.3. The standard InChI is InChI=1S/C15H13ClN2O3/c1-21-13-8-7-10(16)9-12(13)18-15(20)14(19)17-11-5-3-2-4-6-11/h2-9H,1H3,(H,17,19)(H,18,20). The molecule has 0 saturated carbocycles. The fourth-order valence-electron chi connectivity index (χ4n) is 1.67. The number of rotatable bonds is 3. The van der Waals surface area contributed by atoms with Gasteiger partial charge in [0.2, 0.25) is 0 Å². The molecule has 0 spiro atoms. The first-order valence-corrected chi connectivity index (χ1v) is 6.49. The topological polar surface area (TPSA) is 67.4 Å². The Bertz CT molecular complexity index is 659. The molecule has 0 heterocycles. The lowest BCUT2D eigenvalue weighted by molar-refractivity contribution is -0.133. The molecule has 2 aromatic rings. The highest BCUT2D eigenvalue weighted by atomic mass is 35.5. The van der Waals surface area contributed by atoms with Gasteiger partial charge < -0.3 is 15.4 Å². The van der Waals surface area contributed by atoms with E-state index >= 15 is 0 Å². The van der Waals surface area contributed by atoms with E-state index in [0.29, 0.717) is 22.1 Å². The van der Waals surface area contributed by atoms with Crippen LogP contribution in [0.1, 0.15) is 0 Å². The van der Waals surface area contributed by atoms with E-state index in [4.69, 9.17) is 16.3 Å². The highest BCUT2D eigenvalue weighted by Crippen LogP contribution is 2.27. The third kappa shape index (κ3) is 3.97. The molecule has 2 amide bonds. The van der Waals surface area contributed by atoms with Gasteiger partial charge in [-0.2, -0.15) is 0 Å². The van der Waals surface area contributed by atoms with Crippen LogP contribution >= 0.6 is 11.6 Å². The zero-order chi connectivity index (χ0) is 15.2. The maximum absolute atomic E-state index is 11.9. The van der Waals surface area contributed by atoms with Crippen LogP contribution in [0.3, 0.4) is 0 Å². The second-order valence-corrected chi connectivity index (χ2v) is 4.56. The number of para-hydroxylation sites is 1. The van der Waals surface area contributed by atoms with E-state index in [-0.39, 0.29) is 0 Å². The summed E-state index contributed by atoms with van der Waals surface area (Å²) in [5.41, 5.74) is 0.869. The number of amides is 2. The van der Waals surface area contributed by atoms with Gasteiger partial charge in [0.1, 0.15) is 5.75 Å². The quantitative estimate of drug-likeness (QED) is 0.857. The number of hydrogen-bond acceptors (Lipinski definition) is 3. The van der Waals surface area contributed by atoms with Crippen molar-refractivity contribution in [3.63, 3.8) is 0 Å². The zero-order valence-corrected chi connectivity index (χ0v) is 12.0. The van der Waals surface area contributed by atoms with Crippen LogP contribution in [0.15, 0.2) is 48.5 Å². The molecule has 0 atom stereocenters. The van der Waals surface area contributed by atoms with E-state index < -0.39 is 11.8 Å². The summed E-state index contributed by atoms with van der Waals surface area (Å²) < 4.78 is 5.09. The van der Waals surface area contributed by atoms with Gasteiger partial charge in [0, 0.05) is 10.7 Å². The summed E-state index contributed by atoms with van der Waals surface area (Å²) >= 11 is 5.86. The Morgan fingerprint density at radius 3 is 2.33 bits per heavy atom. The maximum atomic E-state index is 11.9. The molecule has 0 aromatic heterocycles. The Labute approximate surface area is 126 Å². The number of ether oxygens (including phenoxy) is 1. The molecule has 0 bridgehead atoms. The van der Waals surface area contributed by atoms with Gasteiger partial charge in [-0.1, -0.05) is 29.8 Å². The van der Waals surface area contributed by atoms with Gasteiger partial charge in [0.05, 0.1) is 12.8 Å². The van der Waals surface area contributed by atoms with Gasteiger partial charge in [-0.3, -0.25) is 9.59 Å². The minimum Gasteiger partial charge on any atom is -0.495 e. The summed E-state index contributed by atoms with van der Waals surface area (Å²) in [6.45, 7) is 0. The minimum absolute atomic E-state index is 0.332. The van der Waals surface area contributed by atoms with E-state index in [0.717, 1.165) is 0 Å². The molecule has 0 aliphatic heterocycles. The molecule has 0 fully saturated rings. The molecular weight excluding hydrogens is 292 g/mol. The lowest BCUT2D eigenvalue weighted by Gasteiger charge is -2.10. The molecule has 0 radical (unpaired) electrons. The SMILES string of the molecule is COc1ccc(Cl)cc1NC(=O)C(=O)Nc1ccccc1. The maximum Gasteiger partial charge on any atom is 0.314 e. The monoisotopic (exact) mass is 304 g/mol. The fraction of sp³-hybridized carbons (Fsp3) is 0.0667. The van der Waals surface area contributed by atoms with Crippen molar-refractivity contribution in [2.75, 3.05) is 17.7 Å². The van der Waals surface area contributed by atoms with Crippen LogP contribution in [0, 0.1) is 0 Å². The lowest BCUT2D eigenvalue weighted by Crippen LogP contribution is -2.29. The van der Waals surface area contributed by atoms with Gasteiger partial charge >= 0.3 is 11.8 Å². The van der Waals surface area contributed by atoms with Crippen LogP contribution in [0.5, 0.6) is 5.75 Å². The third-order valence-corrected chi connectivity index (χ3v) is 2.88. The fourth-order valence-corrected chi connectivity index (χ4v) is 1.84. The summed E-state index contributed by atoms with van der Waals surface area (Å²) in [4.78, 5) is 23.7. The Morgan fingerprint density at radius 1 is 1.00 bits per heavy atom. The summed E-state index contributed by atoms with van der Waals surface area (Å²) in [7, 11) is 1.46. The van der Waals surface area contributed by atoms with Crippen LogP contribution in [0.4, 0.5) is 11.4 Å². The number of anilines is 2. The number of carbonyl (C=O) groups is 2. The van der Waals surface area contributed by atoms with Crippen LogP contribution in [-0.2, 0) is 9.59 Å². The molecule has 2 aromatic carbocycles. The van der Waals surface area contributed by atoms with Crippen molar-refractivity contribution in [1.82, 2.24) is 0 Å². The molecule has 0 aliphatic rings. The van der Waals surface area contributed by atoms with E-state index in [1.807, 2.05) is 6.07 Å². The van der Waals surface area contributed by atoms with Gasteiger partial charge in [0.25, 0.3) is 0 Å². The Kier molecular flexibility index (Phi) is 4.79. The molecule has 0 saturated heterocycles. The Hall–Kier alpha value is -2.53. The summed E-state index contributed by atoms with van der Waals surface area (Å²) in [6, 6.07) is 13.4. The van der Waals surface area contributed by atoms with Crippen molar-refractivity contribution < 1.29 is 14.3 Å². The van der Waals surface area contributed by atoms with Crippen LogP contribution in [0.2, 0.25) is 5.02 Å². The largest absolute Gasteiger partial charge is 0.495 e. The van der Waals surface area contributed by atoms with E-state index in [9.17, 15) is 9.59 Å². The van der Waals surface area contributed by atoms with Crippen molar-refractivity contribution in [3.05, 3.63) is 53.6 Å². The second kappa shape index (κ2) is 6.76. The molecule has 108 valence electrons. The van der Waals surface area contributed by atoms with Crippen molar-refractivity contribution in [2.45, 2.75) is 0 Å². The predicted molar refractivity (Wildman–Crippen MR) is 81.7 cm³/mol. The molecule has 21 heavy (non-hydrogen) atoms. The van der Waals surface area contributed by atoms with Crippen molar-refractivity contribution in [3.8, 4) is 5.75 Å². The van der Waals surface area contributed by atoms with Gasteiger partial charge in [-0.15, -0.1) is 0 Å². The molecule has 6 heteroatoms. The van der Waals surface area contributed by atoms with E-state index in [1.165, 1.54) is 13.2 Å². The van der Waals surface area contributed by atoms with Crippen molar-refractivity contribution in [1.29, 1.82) is 0 Å². The number of halogens is 1. The van der Waals surface area contributed by atoms with Gasteiger partial charge in [-0.05, 0) is 30.3 Å². The van der Waals surface area contributed by atoms with Crippen LogP contribution in [-0.4, -0.2) is 18.9 Å². The highest BCUT2D eigenvalue weighted by Gasteiger charge is 2.16. The second-order valence-electron chi connectivity index (χ2n) is 4.12. The Balaban J connectivity index is 2.07. The number of hydrogen-bond donors (Lipinski definition) is 2. The molecular formula is C15H13ClN2O3. The number of methoxy groups -OCH3 is 1. The third-order valence-electron chi connectivity index (χ3n) is 2.65. The normalized spacial score (nSPS) is 9.81. The van der Waals surface area contributed by atoms with Crippen LogP contribution in [0.25, 0.3) is 0 Å². The van der Waals surface area contributed by atoms with E-state index in [1.54, 1.807) is 36.4 Å². The molecule has 0 unspecified atom stereocenters. The number of carbonyl (C=O) groups excluding carboxylic acids is 2. The molecule has 5 nitrogen and oxygen atoms in total. The first-order chi connectivity index (χ1) is 10.1. The molecule has 2 rings (SSSR count). The summed E-state index contributed by atoms with van der Waals surface area (Å²) in [5, 5.41) is 5.38. The Morgan fingerprint density at radius 2 is 1.67 bits per heavy atom. The van der Waals surface area contributed by atoms with Crippen molar-refractivity contribution >= 4 is 34.8 Å². The van der Waals surface area contributed by atoms with Gasteiger partial charge in [0.15, 0.2) is 0 Å². The summed E-state index contributed by atoms with van der Waals surface area (Å²) in [6.07, 6.45) is 0. The molecule has 2 N–H and O–H groups in total. The van der Waals surface area contributed by atoms with Crippen LogP contribution < -0.4 is 15.4 Å². The number of benzene rings is 2. The smallest absolute Gasteiger partial charge is 0.314 e. The molecule has 0 aliphatic carbocycles. The first kappa shape index (κ1) is 14.9. The van der Waals surface area contributed by atoms with Gasteiger partial charge in [-0.25, -0.2) is 0 Å². The predicted octanol–water partition coefficient (Wildman–Crippen LogP) is 2.93. The minimum atomic E-state index is -0.806. The average Bonchev–Trinajstić information content (AvgIpc) is 2.48. The van der Waals surface area contributed by atoms with Crippen molar-refractivity contribution in [2.24, 2.45) is 0 Å². The summed E-state index contributed by atoms with van der Waals surface area (Å²) in [5.74, 6) is -1.16. The highest BCUT2D eigenvalue weighted by molar-refractivity contribution is 6.44. The first-order valence-electron chi connectivity index (χ1n) is 6.11.